The summed E-state index contributed by atoms with van der Waals surface area (Å²) in [4.78, 5) is 4.34. The highest BCUT2D eigenvalue weighted by Gasteiger charge is 2.10. The second-order valence-electron chi connectivity index (χ2n) is 4.82. The summed E-state index contributed by atoms with van der Waals surface area (Å²) in [5.41, 5.74) is 2.10. The SMILES string of the molecule is COc1ccccc1OCc1nc(-c2ccc(C)cc2)no1. The number of ether oxygens (including phenoxy) is 2. The lowest BCUT2D eigenvalue weighted by Gasteiger charge is -2.07. The van der Waals surface area contributed by atoms with Crippen molar-refractivity contribution in [1.82, 2.24) is 10.1 Å². The lowest BCUT2D eigenvalue weighted by atomic mass is 10.1. The number of para-hydroxylation sites is 2. The Hall–Kier alpha value is -2.82. The fourth-order valence-corrected chi connectivity index (χ4v) is 2.01. The average Bonchev–Trinajstić information content (AvgIpc) is 3.03. The lowest BCUT2D eigenvalue weighted by Crippen LogP contribution is -1.97. The molecule has 112 valence electrons. The Balaban J connectivity index is 1.71. The zero-order valence-electron chi connectivity index (χ0n) is 12.4. The molecule has 0 unspecified atom stereocenters. The molecule has 3 aromatic rings. The largest absolute Gasteiger partial charge is 0.493 e. The maximum atomic E-state index is 5.66. The summed E-state index contributed by atoms with van der Waals surface area (Å²) in [6, 6.07) is 15.4. The molecule has 0 fully saturated rings. The minimum atomic E-state index is 0.194. The van der Waals surface area contributed by atoms with E-state index in [1.807, 2.05) is 55.5 Å². The van der Waals surface area contributed by atoms with Crippen LogP contribution in [0.2, 0.25) is 0 Å². The van der Waals surface area contributed by atoms with Crippen LogP contribution in [0.3, 0.4) is 0 Å². The number of hydrogen-bond acceptors (Lipinski definition) is 5. The molecule has 0 aliphatic carbocycles. The Labute approximate surface area is 128 Å². The van der Waals surface area contributed by atoms with E-state index in [9.17, 15) is 0 Å². The first-order valence-corrected chi connectivity index (χ1v) is 6.91. The van der Waals surface area contributed by atoms with E-state index >= 15 is 0 Å². The van der Waals surface area contributed by atoms with Crippen LogP contribution < -0.4 is 9.47 Å². The van der Waals surface area contributed by atoms with E-state index in [4.69, 9.17) is 14.0 Å². The fourth-order valence-electron chi connectivity index (χ4n) is 2.01. The third-order valence-electron chi connectivity index (χ3n) is 3.20. The molecule has 22 heavy (non-hydrogen) atoms. The fraction of sp³-hybridized carbons (Fsp3) is 0.176. The van der Waals surface area contributed by atoms with E-state index < -0.39 is 0 Å². The molecular weight excluding hydrogens is 280 g/mol. The van der Waals surface area contributed by atoms with Gasteiger partial charge in [-0.1, -0.05) is 47.1 Å². The number of methoxy groups -OCH3 is 1. The van der Waals surface area contributed by atoms with Gasteiger partial charge in [-0.15, -0.1) is 0 Å². The van der Waals surface area contributed by atoms with Gasteiger partial charge in [0.2, 0.25) is 5.82 Å². The molecular formula is C17H16N2O3. The number of aromatic nitrogens is 2. The lowest BCUT2D eigenvalue weighted by molar-refractivity contribution is 0.233. The molecule has 5 nitrogen and oxygen atoms in total. The monoisotopic (exact) mass is 296 g/mol. The highest BCUT2D eigenvalue weighted by atomic mass is 16.5. The van der Waals surface area contributed by atoms with Gasteiger partial charge < -0.3 is 14.0 Å². The third kappa shape index (κ3) is 3.09. The van der Waals surface area contributed by atoms with Crippen molar-refractivity contribution in [1.29, 1.82) is 0 Å². The molecule has 0 bridgehead atoms. The first kappa shape index (κ1) is 14.1. The number of rotatable bonds is 5. The molecule has 0 aliphatic heterocycles. The van der Waals surface area contributed by atoms with Crippen LogP contribution in [0.4, 0.5) is 0 Å². The van der Waals surface area contributed by atoms with Crippen molar-refractivity contribution in [3.63, 3.8) is 0 Å². The van der Waals surface area contributed by atoms with Gasteiger partial charge in [-0.25, -0.2) is 0 Å². The highest BCUT2D eigenvalue weighted by Crippen LogP contribution is 2.26. The Bertz CT molecular complexity index is 751. The Morgan fingerprint density at radius 1 is 1.00 bits per heavy atom. The van der Waals surface area contributed by atoms with Gasteiger partial charge in [-0.05, 0) is 19.1 Å². The predicted molar refractivity (Wildman–Crippen MR) is 81.8 cm³/mol. The van der Waals surface area contributed by atoms with E-state index in [2.05, 4.69) is 10.1 Å². The quantitative estimate of drug-likeness (QED) is 0.719. The Morgan fingerprint density at radius 3 is 2.45 bits per heavy atom. The van der Waals surface area contributed by atoms with Crippen LogP contribution in [0.25, 0.3) is 11.4 Å². The zero-order chi connectivity index (χ0) is 15.4. The second-order valence-corrected chi connectivity index (χ2v) is 4.82. The Kier molecular flexibility index (Phi) is 4.05. The van der Waals surface area contributed by atoms with Crippen molar-refractivity contribution in [2.75, 3.05) is 7.11 Å². The van der Waals surface area contributed by atoms with Gasteiger partial charge in [-0.2, -0.15) is 4.98 Å². The standard InChI is InChI=1S/C17H16N2O3/c1-12-7-9-13(10-8-12)17-18-16(22-19-17)11-21-15-6-4-3-5-14(15)20-2/h3-10H,11H2,1-2H3. The first-order chi connectivity index (χ1) is 10.8. The van der Waals surface area contributed by atoms with Crippen LogP contribution in [0, 0.1) is 6.92 Å². The average molecular weight is 296 g/mol. The van der Waals surface area contributed by atoms with Crippen molar-refractivity contribution < 1.29 is 14.0 Å². The third-order valence-corrected chi connectivity index (χ3v) is 3.20. The summed E-state index contributed by atoms with van der Waals surface area (Å²) < 4.78 is 16.1. The summed E-state index contributed by atoms with van der Waals surface area (Å²) in [5.74, 6) is 2.28. The maximum absolute atomic E-state index is 5.66. The Morgan fingerprint density at radius 2 is 1.73 bits per heavy atom. The molecule has 0 spiro atoms. The topological polar surface area (TPSA) is 57.4 Å². The normalized spacial score (nSPS) is 10.5. The summed E-state index contributed by atoms with van der Waals surface area (Å²) in [6.07, 6.45) is 0. The molecule has 0 saturated heterocycles. The van der Waals surface area contributed by atoms with Crippen molar-refractivity contribution in [3.05, 3.63) is 60.0 Å². The van der Waals surface area contributed by atoms with Crippen molar-refractivity contribution >= 4 is 0 Å². The van der Waals surface area contributed by atoms with Crippen molar-refractivity contribution in [2.24, 2.45) is 0 Å². The molecule has 0 atom stereocenters. The van der Waals surface area contributed by atoms with Gasteiger partial charge in [-0.3, -0.25) is 0 Å². The molecule has 0 saturated carbocycles. The number of nitrogens with zero attached hydrogens (tertiary/aromatic N) is 2. The second kappa shape index (κ2) is 6.30. The molecule has 0 N–H and O–H groups in total. The minimum absolute atomic E-state index is 0.194. The van der Waals surface area contributed by atoms with Gasteiger partial charge in [0.1, 0.15) is 0 Å². The predicted octanol–water partition coefficient (Wildman–Crippen LogP) is 3.63. The van der Waals surface area contributed by atoms with E-state index in [-0.39, 0.29) is 6.61 Å². The molecule has 3 rings (SSSR count). The molecule has 0 amide bonds. The molecule has 2 aromatic carbocycles. The smallest absolute Gasteiger partial charge is 0.264 e. The van der Waals surface area contributed by atoms with Gasteiger partial charge in [0.25, 0.3) is 5.89 Å². The van der Waals surface area contributed by atoms with Crippen LogP contribution in [0.15, 0.2) is 53.1 Å². The molecule has 5 heteroatoms. The van der Waals surface area contributed by atoms with Crippen LogP contribution in [-0.2, 0) is 6.61 Å². The van der Waals surface area contributed by atoms with Gasteiger partial charge >= 0.3 is 0 Å². The minimum Gasteiger partial charge on any atom is -0.493 e. The maximum Gasteiger partial charge on any atom is 0.264 e. The van der Waals surface area contributed by atoms with Crippen LogP contribution in [0.1, 0.15) is 11.5 Å². The summed E-state index contributed by atoms with van der Waals surface area (Å²) in [7, 11) is 1.60. The molecule has 0 radical (unpaired) electrons. The van der Waals surface area contributed by atoms with Gasteiger partial charge in [0.15, 0.2) is 18.1 Å². The van der Waals surface area contributed by atoms with Crippen molar-refractivity contribution in [2.45, 2.75) is 13.5 Å². The van der Waals surface area contributed by atoms with Gasteiger partial charge in [0.05, 0.1) is 7.11 Å². The zero-order valence-corrected chi connectivity index (χ0v) is 12.4. The number of hydrogen-bond donors (Lipinski definition) is 0. The first-order valence-electron chi connectivity index (χ1n) is 6.91. The summed E-state index contributed by atoms with van der Waals surface area (Å²) in [6.45, 7) is 2.23. The molecule has 0 aliphatic rings. The van der Waals surface area contributed by atoms with Crippen molar-refractivity contribution in [3.8, 4) is 22.9 Å². The van der Waals surface area contributed by atoms with Crippen LogP contribution in [-0.4, -0.2) is 17.3 Å². The van der Waals surface area contributed by atoms with E-state index in [1.165, 1.54) is 5.56 Å². The summed E-state index contributed by atoms with van der Waals surface area (Å²) in [5, 5.41) is 3.97. The van der Waals surface area contributed by atoms with E-state index in [1.54, 1.807) is 7.11 Å². The van der Waals surface area contributed by atoms with Gasteiger partial charge in [0, 0.05) is 5.56 Å². The van der Waals surface area contributed by atoms with E-state index in [0.29, 0.717) is 23.2 Å². The molecule has 1 aromatic heterocycles. The van der Waals surface area contributed by atoms with Crippen LogP contribution >= 0.6 is 0 Å². The van der Waals surface area contributed by atoms with Crippen LogP contribution in [0.5, 0.6) is 11.5 Å². The molecule has 1 heterocycles. The van der Waals surface area contributed by atoms with E-state index in [0.717, 1.165) is 5.56 Å². The summed E-state index contributed by atoms with van der Waals surface area (Å²) >= 11 is 0. The number of aryl methyl sites for hydroxylation is 1. The number of benzene rings is 2. The highest BCUT2D eigenvalue weighted by molar-refractivity contribution is 5.54.